The molecular formula is C14H9FN4O. The highest BCUT2D eigenvalue weighted by Gasteiger charge is 2.12. The summed E-state index contributed by atoms with van der Waals surface area (Å²) in [6, 6.07) is 6.24. The number of pyridine rings is 1. The second-order valence-corrected chi connectivity index (χ2v) is 4.60. The number of H-pyrrole nitrogens is 1. The number of aryl methyl sites for hydroxylation is 1. The fourth-order valence-electron chi connectivity index (χ4n) is 2.22. The maximum Gasteiger partial charge on any atom is 0.202 e. The third kappa shape index (κ3) is 1.58. The number of nitrogens with zero attached hydrogens (tertiary/aromatic N) is 3. The molecule has 0 saturated heterocycles. The number of rotatable bonds is 1. The van der Waals surface area contributed by atoms with Crippen molar-refractivity contribution >= 4 is 21.9 Å². The summed E-state index contributed by atoms with van der Waals surface area (Å²) in [5.41, 5.74) is 2.87. The van der Waals surface area contributed by atoms with Gasteiger partial charge in [0, 0.05) is 11.5 Å². The molecule has 3 heterocycles. The van der Waals surface area contributed by atoms with Crippen LogP contribution in [-0.4, -0.2) is 20.1 Å². The van der Waals surface area contributed by atoms with E-state index in [-0.39, 0.29) is 5.82 Å². The molecule has 98 valence electrons. The SMILES string of the molecule is Cc1cc(-c2nc3c(cnc4ccc(F)cc43)[nH]2)on1. The van der Waals surface area contributed by atoms with Crippen molar-refractivity contribution in [1.82, 2.24) is 20.1 Å². The first kappa shape index (κ1) is 11.1. The molecule has 6 heteroatoms. The zero-order valence-electron chi connectivity index (χ0n) is 10.5. The zero-order valence-corrected chi connectivity index (χ0v) is 10.5. The van der Waals surface area contributed by atoms with Crippen molar-refractivity contribution in [2.45, 2.75) is 6.92 Å². The van der Waals surface area contributed by atoms with E-state index in [9.17, 15) is 4.39 Å². The van der Waals surface area contributed by atoms with Gasteiger partial charge in [-0.2, -0.15) is 0 Å². The minimum absolute atomic E-state index is 0.313. The fourth-order valence-corrected chi connectivity index (χ4v) is 2.22. The monoisotopic (exact) mass is 268 g/mol. The van der Waals surface area contributed by atoms with Gasteiger partial charge < -0.3 is 9.51 Å². The second-order valence-electron chi connectivity index (χ2n) is 4.60. The van der Waals surface area contributed by atoms with Gasteiger partial charge in [-0.1, -0.05) is 5.16 Å². The first-order valence-electron chi connectivity index (χ1n) is 6.08. The molecule has 0 amide bonds. The molecule has 1 aromatic carbocycles. The van der Waals surface area contributed by atoms with Gasteiger partial charge in [-0.3, -0.25) is 4.98 Å². The first-order chi connectivity index (χ1) is 9.70. The van der Waals surface area contributed by atoms with Gasteiger partial charge in [-0.05, 0) is 25.1 Å². The molecule has 0 saturated carbocycles. The highest BCUT2D eigenvalue weighted by Crippen LogP contribution is 2.26. The Morgan fingerprint density at radius 1 is 1.25 bits per heavy atom. The molecule has 20 heavy (non-hydrogen) atoms. The minimum Gasteiger partial charge on any atom is -0.353 e. The van der Waals surface area contributed by atoms with Crippen molar-refractivity contribution in [2.75, 3.05) is 0 Å². The normalized spacial score (nSPS) is 11.5. The van der Waals surface area contributed by atoms with E-state index in [1.54, 1.807) is 18.3 Å². The van der Waals surface area contributed by atoms with Crippen LogP contribution in [0.1, 0.15) is 5.69 Å². The molecule has 0 atom stereocenters. The van der Waals surface area contributed by atoms with E-state index in [4.69, 9.17) is 4.52 Å². The molecule has 1 N–H and O–H groups in total. The van der Waals surface area contributed by atoms with Crippen molar-refractivity contribution < 1.29 is 8.91 Å². The summed E-state index contributed by atoms with van der Waals surface area (Å²) < 4.78 is 18.6. The van der Waals surface area contributed by atoms with Crippen LogP contribution in [0.4, 0.5) is 4.39 Å². The van der Waals surface area contributed by atoms with Gasteiger partial charge in [0.05, 0.1) is 22.9 Å². The molecule has 3 aromatic heterocycles. The summed E-state index contributed by atoms with van der Waals surface area (Å²) in [7, 11) is 0. The van der Waals surface area contributed by atoms with Gasteiger partial charge in [-0.15, -0.1) is 0 Å². The number of aromatic amines is 1. The molecule has 0 aliphatic carbocycles. The predicted octanol–water partition coefficient (Wildman–Crippen LogP) is 3.21. The molecule has 4 aromatic rings. The fraction of sp³-hybridized carbons (Fsp3) is 0.0714. The van der Waals surface area contributed by atoms with Crippen LogP contribution in [0, 0.1) is 12.7 Å². The van der Waals surface area contributed by atoms with Gasteiger partial charge in [0.1, 0.15) is 11.3 Å². The van der Waals surface area contributed by atoms with Crippen LogP contribution >= 0.6 is 0 Å². The van der Waals surface area contributed by atoms with Gasteiger partial charge in [-0.25, -0.2) is 9.37 Å². The number of hydrogen-bond donors (Lipinski definition) is 1. The third-order valence-electron chi connectivity index (χ3n) is 3.14. The van der Waals surface area contributed by atoms with E-state index in [0.717, 1.165) is 11.2 Å². The van der Waals surface area contributed by atoms with Crippen LogP contribution in [0.2, 0.25) is 0 Å². The van der Waals surface area contributed by atoms with Crippen LogP contribution in [-0.2, 0) is 0 Å². The highest BCUT2D eigenvalue weighted by molar-refractivity contribution is 6.02. The Morgan fingerprint density at radius 2 is 2.15 bits per heavy atom. The summed E-state index contributed by atoms with van der Waals surface area (Å²) in [6.07, 6.45) is 1.68. The van der Waals surface area contributed by atoms with Gasteiger partial charge in [0.15, 0.2) is 5.82 Å². The lowest BCUT2D eigenvalue weighted by molar-refractivity contribution is 0.425. The third-order valence-corrected chi connectivity index (χ3v) is 3.14. The van der Waals surface area contributed by atoms with E-state index in [2.05, 4.69) is 20.1 Å². The smallest absolute Gasteiger partial charge is 0.202 e. The molecule has 0 aliphatic rings. The Hall–Kier alpha value is -2.76. The van der Waals surface area contributed by atoms with E-state index in [1.165, 1.54) is 12.1 Å². The van der Waals surface area contributed by atoms with Crippen LogP contribution in [0.25, 0.3) is 33.5 Å². The Balaban J connectivity index is 2.03. The van der Waals surface area contributed by atoms with Crippen LogP contribution in [0.3, 0.4) is 0 Å². The topological polar surface area (TPSA) is 67.6 Å². The van der Waals surface area contributed by atoms with Crippen LogP contribution < -0.4 is 0 Å². The summed E-state index contributed by atoms with van der Waals surface area (Å²) in [5, 5.41) is 4.50. The average Bonchev–Trinajstić information content (AvgIpc) is 3.04. The van der Waals surface area contributed by atoms with E-state index in [1.807, 2.05) is 6.92 Å². The van der Waals surface area contributed by atoms with Crippen molar-refractivity contribution in [1.29, 1.82) is 0 Å². The number of nitrogens with one attached hydrogen (secondary N) is 1. The lowest BCUT2D eigenvalue weighted by Gasteiger charge is -1.97. The first-order valence-corrected chi connectivity index (χ1v) is 6.08. The minimum atomic E-state index is -0.313. The highest BCUT2D eigenvalue weighted by atomic mass is 19.1. The Labute approximate surface area is 112 Å². The number of aromatic nitrogens is 4. The van der Waals surface area contributed by atoms with Crippen molar-refractivity contribution in [3.8, 4) is 11.6 Å². The maximum absolute atomic E-state index is 13.4. The van der Waals surface area contributed by atoms with E-state index < -0.39 is 0 Å². The molecule has 0 aliphatic heterocycles. The van der Waals surface area contributed by atoms with Crippen molar-refractivity contribution in [2.24, 2.45) is 0 Å². The Kier molecular flexibility index (Phi) is 2.14. The number of fused-ring (bicyclic) bond motifs is 3. The van der Waals surface area contributed by atoms with Crippen molar-refractivity contribution in [3.63, 3.8) is 0 Å². The van der Waals surface area contributed by atoms with E-state index >= 15 is 0 Å². The van der Waals surface area contributed by atoms with Crippen LogP contribution in [0.5, 0.6) is 0 Å². The summed E-state index contributed by atoms with van der Waals surface area (Å²) >= 11 is 0. The second kappa shape index (κ2) is 3.86. The Bertz CT molecular complexity index is 941. The quantitative estimate of drug-likeness (QED) is 0.575. The standard InChI is InChI=1S/C14H9FN4O/c1-7-4-12(20-19-7)14-17-11-6-16-10-3-2-8(15)5-9(10)13(11)18-14/h2-6H,1H3,(H,17,18). The van der Waals surface area contributed by atoms with E-state index in [0.29, 0.717) is 28.0 Å². The maximum atomic E-state index is 13.4. The molecule has 0 fully saturated rings. The number of imidazole rings is 1. The van der Waals surface area contributed by atoms with Gasteiger partial charge in [0.25, 0.3) is 0 Å². The molecule has 4 rings (SSSR count). The molecular weight excluding hydrogens is 259 g/mol. The lowest BCUT2D eigenvalue weighted by atomic mass is 10.2. The zero-order chi connectivity index (χ0) is 13.7. The largest absolute Gasteiger partial charge is 0.353 e. The van der Waals surface area contributed by atoms with Crippen molar-refractivity contribution in [3.05, 3.63) is 42.0 Å². The Morgan fingerprint density at radius 3 is 2.95 bits per heavy atom. The molecule has 0 bridgehead atoms. The average molecular weight is 268 g/mol. The van der Waals surface area contributed by atoms with Crippen LogP contribution in [0.15, 0.2) is 35.0 Å². The molecule has 0 spiro atoms. The predicted molar refractivity (Wildman–Crippen MR) is 71.6 cm³/mol. The van der Waals surface area contributed by atoms with Gasteiger partial charge >= 0.3 is 0 Å². The molecule has 0 unspecified atom stereocenters. The number of halogens is 1. The molecule has 5 nitrogen and oxygen atoms in total. The number of hydrogen-bond acceptors (Lipinski definition) is 4. The molecule has 0 radical (unpaired) electrons. The van der Waals surface area contributed by atoms with Gasteiger partial charge in [0.2, 0.25) is 5.76 Å². The summed E-state index contributed by atoms with van der Waals surface area (Å²) in [4.78, 5) is 11.9. The summed E-state index contributed by atoms with van der Waals surface area (Å²) in [6.45, 7) is 1.84. The lowest BCUT2D eigenvalue weighted by Crippen LogP contribution is -1.82. The summed E-state index contributed by atoms with van der Waals surface area (Å²) in [5.74, 6) is 0.786. The number of benzene rings is 1.